The lowest BCUT2D eigenvalue weighted by Crippen LogP contribution is -2.61. The summed E-state index contributed by atoms with van der Waals surface area (Å²) in [6.07, 6.45) is 4.24. The van der Waals surface area contributed by atoms with Gasteiger partial charge in [-0.3, -0.25) is 0 Å². The van der Waals surface area contributed by atoms with E-state index in [0.29, 0.717) is 17.6 Å². The van der Waals surface area contributed by atoms with E-state index in [1.54, 1.807) is 0 Å². The van der Waals surface area contributed by atoms with Crippen molar-refractivity contribution in [3.05, 3.63) is 0 Å². The Morgan fingerprint density at radius 2 is 0.980 bits per heavy atom. The summed E-state index contributed by atoms with van der Waals surface area (Å²) in [6, 6.07) is 0. The largest absolute Gasteiger partial charge is 0.387 e. The van der Waals surface area contributed by atoms with Crippen LogP contribution < -0.4 is 0 Å². The van der Waals surface area contributed by atoms with E-state index in [1.807, 2.05) is 0 Å². The van der Waals surface area contributed by atoms with E-state index >= 15 is 0 Å². The Morgan fingerprint density at radius 3 is 1.50 bits per heavy atom. The van der Waals surface area contributed by atoms with Crippen LogP contribution in [0.4, 0.5) is 0 Å². The highest BCUT2D eigenvalue weighted by Gasteiger charge is 2.47. The van der Waals surface area contributed by atoms with Crippen molar-refractivity contribution in [2.24, 2.45) is 0 Å². The molecule has 2 saturated heterocycles. The first-order chi connectivity index (χ1) is 23.9. The van der Waals surface area contributed by atoms with Crippen LogP contribution in [-0.4, -0.2) is 161 Å². The van der Waals surface area contributed by atoms with Crippen LogP contribution in [0.15, 0.2) is 0 Å². The molecule has 298 valence electrons. The van der Waals surface area contributed by atoms with Crippen LogP contribution in [-0.2, 0) is 23.7 Å². The minimum atomic E-state index is -1.62. The maximum Gasteiger partial charge on any atom is 0.186 e. The predicted molar refractivity (Wildman–Crippen MR) is 189 cm³/mol. The monoisotopic (exact) mass is 725 g/mol. The molecule has 11 atom stereocenters. The Labute approximate surface area is 301 Å². The molecule has 50 heavy (non-hydrogen) atoms. The van der Waals surface area contributed by atoms with Crippen molar-refractivity contribution < 1.29 is 63.9 Å². The van der Waals surface area contributed by atoms with E-state index in [2.05, 4.69) is 27.9 Å². The van der Waals surface area contributed by atoms with Crippen LogP contribution in [0, 0.1) is 0 Å². The summed E-state index contributed by atoms with van der Waals surface area (Å²) in [4.78, 5) is 0. The number of ether oxygens (including phenoxy) is 5. The van der Waals surface area contributed by atoms with Crippen molar-refractivity contribution >= 4 is 0 Å². The number of likely N-dealkylation sites (N-methyl/N-ethyl adjacent to an activating group) is 1. The Morgan fingerprint density at radius 1 is 0.540 bits per heavy atom. The molecule has 0 bridgehead atoms. The minimum absolute atomic E-state index is 0.00108. The number of hydrogen-bond acceptors (Lipinski definition) is 12. The number of hydrogen-bond donors (Lipinski definition) is 7. The third-order valence-electron chi connectivity index (χ3n) is 9.96. The molecule has 2 rings (SSSR count). The van der Waals surface area contributed by atoms with Crippen LogP contribution >= 0.6 is 0 Å². The smallest absolute Gasteiger partial charge is 0.186 e. The molecule has 0 aromatic carbocycles. The molecule has 0 saturated carbocycles. The van der Waals surface area contributed by atoms with Crippen LogP contribution in [0.5, 0.6) is 0 Å². The van der Waals surface area contributed by atoms with Crippen molar-refractivity contribution in [1.82, 2.24) is 0 Å². The summed E-state index contributed by atoms with van der Waals surface area (Å²) < 4.78 is 29.1. The zero-order valence-corrected chi connectivity index (χ0v) is 31.5. The number of aliphatic hydroxyl groups excluding tert-OH is 7. The third-order valence-corrected chi connectivity index (χ3v) is 9.96. The quantitative estimate of drug-likeness (QED) is 0.0462. The molecule has 0 aliphatic carbocycles. The normalized spacial score (nSPS) is 31.3. The Hall–Kier alpha value is -0.520. The zero-order valence-electron chi connectivity index (χ0n) is 31.5. The van der Waals surface area contributed by atoms with Crippen LogP contribution in [0.2, 0.25) is 0 Å². The second-order valence-corrected chi connectivity index (χ2v) is 15.2. The standard InChI is InChI=1S/C37H74NO12/c1-5-7-9-11-13-14-15-16-17-19-21-38(3,4)23-27(39)24-46-25-28-30(40)32(42)35(45)37(49-28)48-26-29-31(41)33(43)34(44)36(50-29)47-22-20-18-12-10-8-6-2/h27-37,39-45H,5-26H2,1-4H3/q+1/t27?,28-,29-,30-,31-,32+,33+,34-,35-,36-,37+/m1/s1. The van der Waals surface area contributed by atoms with Gasteiger partial charge >= 0.3 is 0 Å². The third kappa shape index (κ3) is 17.1. The average Bonchev–Trinajstić information content (AvgIpc) is 3.08. The topological polar surface area (TPSA) is 188 Å². The number of aliphatic hydroxyl groups is 7. The lowest BCUT2D eigenvalue weighted by atomic mass is 9.98. The van der Waals surface area contributed by atoms with E-state index in [9.17, 15) is 35.7 Å². The van der Waals surface area contributed by atoms with Gasteiger partial charge in [0.15, 0.2) is 12.6 Å². The first kappa shape index (κ1) is 45.6. The van der Waals surface area contributed by atoms with E-state index in [-0.39, 0.29) is 19.8 Å². The predicted octanol–water partition coefficient (Wildman–Crippen LogP) is 2.37. The van der Waals surface area contributed by atoms with Gasteiger partial charge in [0.2, 0.25) is 0 Å². The van der Waals surface area contributed by atoms with Crippen molar-refractivity contribution in [2.75, 3.05) is 53.6 Å². The molecule has 0 amide bonds. The summed E-state index contributed by atoms with van der Waals surface area (Å²) in [7, 11) is 4.17. The Bertz CT molecular complexity index is 840. The van der Waals surface area contributed by atoms with Gasteiger partial charge in [-0.05, 0) is 19.3 Å². The van der Waals surface area contributed by atoms with Crippen molar-refractivity contribution in [1.29, 1.82) is 0 Å². The first-order valence-electron chi connectivity index (χ1n) is 19.6. The van der Waals surface area contributed by atoms with Gasteiger partial charge in [0.05, 0.1) is 40.5 Å². The molecular formula is C37H74NO12+. The van der Waals surface area contributed by atoms with Gasteiger partial charge < -0.3 is 63.9 Å². The summed E-state index contributed by atoms with van der Waals surface area (Å²) in [5, 5.41) is 73.6. The second kappa shape index (κ2) is 25.5. The average molecular weight is 725 g/mol. The second-order valence-electron chi connectivity index (χ2n) is 15.2. The maximum absolute atomic E-state index is 10.7. The maximum atomic E-state index is 10.7. The highest BCUT2D eigenvalue weighted by Crippen LogP contribution is 2.26. The number of nitrogens with zero attached hydrogens (tertiary/aromatic N) is 1. The molecule has 0 aromatic rings. The highest BCUT2D eigenvalue weighted by molar-refractivity contribution is 4.91. The van der Waals surface area contributed by atoms with Crippen LogP contribution in [0.25, 0.3) is 0 Å². The van der Waals surface area contributed by atoms with E-state index in [1.165, 1.54) is 64.2 Å². The van der Waals surface area contributed by atoms with Gasteiger partial charge in [0.1, 0.15) is 61.5 Å². The molecule has 7 N–H and O–H groups in total. The van der Waals surface area contributed by atoms with Crippen molar-refractivity contribution in [3.8, 4) is 0 Å². The molecule has 1 unspecified atom stereocenters. The van der Waals surface area contributed by atoms with Crippen molar-refractivity contribution in [2.45, 2.75) is 184 Å². The van der Waals surface area contributed by atoms with Crippen molar-refractivity contribution in [3.63, 3.8) is 0 Å². The molecule has 2 heterocycles. The Balaban J connectivity index is 1.73. The SMILES string of the molecule is CCCCCCCCCCCC[N+](C)(C)CC(O)COC[C@H]1O[C@H](OC[C@H]2O[C@@H](OCCCCCCCC)[C@H](O)[C@@H](O)[C@@H]2O)[C@H](O)[C@@H](O)[C@@H]1O. The fourth-order valence-electron chi connectivity index (χ4n) is 6.72. The molecule has 2 aliphatic heterocycles. The number of unbranched alkanes of at least 4 members (excludes halogenated alkanes) is 14. The van der Waals surface area contributed by atoms with Gasteiger partial charge in [0, 0.05) is 6.61 Å². The first-order valence-corrected chi connectivity index (χ1v) is 19.6. The van der Waals surface area contributed by atoms with E-state index in [0.717, 1.165) is 45.1 Å². The fourth-order valence-corrected chi connectivity index (χ4v) is 6.72. The number of quaternary nitrogens is 1. The Kier molecular flexibility index (Phi) is 23.3. The van der Waals surface area contributed by atoms with Crippen LogP contribution in [0.3, 0.4) is 0 Å². The molecule has 13 nitrogen and oxygen atoms in total. The lowest BCUT2D eigenvalue weighted by molar-refractivity contribution is -0.893. The summed E-state index contributed by atoms with van der Waals surface area (Å²) in [6.45, 7) is 5.60. The van der Waals surface area contributed by atoms with Gasteiger partial charge in [0.25, 0.3) is 0 Å². The highest BCUT2D eigenvalue weighted by atomic mass is 16.7. The molecule has 0 spiro atoms. The molecule has 2 aliphatic rings. The van der Waals surface area contributed by atoms with Gasteiger partial charge in [-0.2, -0.15) is 0 Å². The summed E-state index contributed by atoms with van der Waals surface area (Å²) >= 11 is 0. The van der Waals surface area contributed by atoms with Gasteiger partial charge in [-0.25, -0.2) is 0 Å². The summed E-state index contributed by atoms with van der Waals surface area (Å²) in [5.41, 5.74) is 0. The van der Waals surface area contributed by atoms with E-state index < -0.39 is 67.5 Å². The molecule has 0 radical (unpaired) electrons. The van der Waals surface area contributed by atoms with Gasteiger partial charge in [-0.15, -0.1) is 0 Å². The van der Waals surface area contributed by atoms with E-state index in [4.69, 9.17) is 23.7 Å². The summed E-state index contributed by atoms with van der Waals surface area (Å²) in [5.74, 6) is 0. The minimum Gasteiger partial charge on any atom is -0.387 e. The molecule has 13 heteroatoms. The lowest BCUT2D eigenvalue weighted by Gasteiger charge is -2.43. The number of rotatable bonds is 28. The van der Waals surface area contributed by atoms with Crippen LogP contribution in [0.1, 0.15) is 117 Å². The molecule has 0 aromatic heterocycles. The zero-order chi connectivity index (χ0) is 36.9. The fraction of sp³-hybridized carbons (Fsp3) is 1.00. The molecular weight excluding hydrogens is 650 g/mol. The van der Waals surface area contributed by atoms with Gasteiger partial charge in [-0.1, -0.05) is 97.3 Å². The molecule has 2 fully saturated rings.